The van der Waals surface area contributed by atoms with E-state index in [0.29, 0.717) is 6.04 Å². The summed E-state index contributed by atoms with van der Waals surface area (Å²) in [5.41, 5.74) is 8.50. The molecule has 0 bridgehead atoms. The van der Waals surface area contributed by atoms with Gasteiger partial charge in [0.05, 0.1) is 0 Å². The van der Waals surface area contributed by atoms with Crippen molar-refractivity contribution in [2.24, 2.45) is 11.8 Å². The highest BCUT2D eigenvalue weighted by atomic mass is 16.2. The summed E-state index contributed by atoms with van der Waals surface area (Å²) in [4.78, 5) is 27.7. The van der Waals surface area contributed by atoms with Crippen molar-refractivity contribution in [1.29, 1.82) is 0 Å². The van der Waals surface area contributed by atoms with Crippen LogP contribution in [0.25, 0.3) is 33.3 Å². The fourth-order valence-electron chi connectivity index (χ4n) is 5.80. The third kappa shape index (κ3) is 3.10. The van der Waals surface area contributed by atoms with Gasteiger partial charge in [-0.3, -0.25) is 9.78 Å². The van der Waals surface area contributed by atoms with E-state index in [1.54, 1.807) is 0 Å². The molecule has 164 valence electrons. The maximum Gasteiger partial charge on any atom is 0.255 e. The van der Waals surface area contributed by atoms with Gasteiger partial charge >= 0.3 is 0 Å². The van der Waals surface area contributed by atoms with Crippen LogP contribution in [-0.2, 0) is 6.54 Å². The van der Waals surface area contributed by atoms with Crippen molar-refractivity contribution in [2.45, 2.75) is 45.2 Å². The summed E-state index contributed by atoms with van der Waals surface area (Å²) < 4.78 is 0. The van der Waals surface area contributed by atoms with Crippen LogP contribution in [0, 0.1) is 18.8 Å². The highest BCUT2D eigenvalue weighted by Gasteiger charge is 2.48. The van der Waals surface area contributed by atoms with Crippen molar-refractivity contribution >= 4 is 16.9 Å². The number of nitrogens with zero attached hydrogens (tertiary/aromatic N) is 3. The van der Waals surface area contributed by atoms with Crippen molar-refractivity contribution in [1.82, 2.24) is 19.9 Å². The number of aromatic amines is 1. The molecule has 4 aromatic rings. The van der Waals surface area contributed by atoms with Crippen LogP contribution in [0.3, 0.4) is 0 Å². The molecule has 0 atom stereocenters. The minimum absolute atomic E-state index is 0.247. The Kier molecular flexibility index (Phi) is 4.05. The second-order valence-corrected chi connectivity index (χ2v) is 9.98. The molecule has 2 aliphatic carbocycles. The van der Waals surface area contributed by atoms with E-state index in [9.17, 15) is 4.79 Å². The first-order chi connectivity index (χ1) is 16.2. The highest BCUT2D eigenvalue weighted by molar-refractivity contribution is 6.01. The van der Waals surface area contributed by atoms with Gasteiger partial charge in [-0.1, -0.05) is 6.07 Å². The fourth-order valence-corrected chi connectivity index (χ4v) is 5.80. The largest absolute Gasteiger partial charge is 0.346 e. The lowest BCUT2D eigenvalue weighted by atomic mass is 9.96. The number of pyridine rings is 2. The van der Waals surface area contributed by atoms with E-state index >= 15 is 0 Å². The zero-order valence-corrected chi connectivity index (χ0v) is 18.7. The molecule has 1 amide bonds. The van der Waals surface area contributed by atoms with Crippen molar-refractivity contribution in [3.05, 3.63) is 71.8 Å². The molecule has 1 aliphatic heterocycles. The van der Waals surface area contributed by atoms with E-state index in [2.05, 4.69) is 40.0 Å². The normalized spacial score (nSPS) is 17.9. The Bertz CT molecular complexity index is 1390. The SMILES string of the molecule is Cc1cc(-c2cnc3[nH]cc(-c4ccncc4)c3c2)cc2c1C(=O)N(C(C1CC1)C1CC1)C2. The smallest absolute Gasteiger partial charge is 0.255 e. The van der Waals surface area contributed by atoms with Crippen LogP contribution in [0.4, 0.5) is 0 Å². The molecule has 0 unspecified atom stereocenters. The van der Waals surface area contributed by atoms with Gasteiger partial charge in [-0.2, -0.15) is 0 Å². The molecular formula is C28H26N4O. The maximum absolute atomic E-state index is 13.4. The summed E-state index contributed by atoms with van der Waals surface area (Å²) in [7, 11) is 0. The van der Waals surface area contributed by atoms with Gasteiger partial charge in [0.25, 0.3) is 5.91 Å². The highest BCUT2D eigenvalue weighted by Crippen LogP contribution is 2.49. The van der Waals surface area contributed by atoms with Crippen LogP contribution in [-0.4, -0.2) is 31.8 Å². The standard InChI is InChI=1S/C28H26N4O/c1-16-10-20(11-22-15-32(28(33)25(16)22)26(18-2-3-18)19-4-5-19)21-12-23-24(14-31-27(23)30-13-21)17-6-8-29-9-7-17/h6-14,18-19,26H,2-5,15H2,1H3,(H,30,31). The number of carbonyl (C=O) groups is 1. The van der Waals surface area contributed by atoms with Crippen molar-refractivity contribution in [3.8, 4) is 22.3 Å². The van der Waals surface area contributed by atoms with Gasteiger partial charge in [-0.05, 0) is 91.0 Å². The molecule has 3 aliphatic rings. The summed E-state index contributed by atoms with van der Waals surface area (Å²) >= 11 is 0. The van der Waals surface area contributed by atoms with Gasteiger partial charge in [-0.15, -0.1) is 0 Å². The summed E-state index contributed by atoms with van der Waals surface area (Å²) in [5, 5.41) is 1.09. The number of rotatable bonds is 5. The number of fused-ring (bicyclic) bond motifs is 2. The third-order valence-electron chi connectivity index (χ3n) is 7.66. The molecule has 2 saturated carbocycles. The number of benzene rings is 1. The van der Waals surface area contributed by atoms with Crippen LogP contribution < -0.4 is 0 Å². The molecule has 1 N–H and O–H groups in total. The number of carbonyl (C=O) groups excluding carboxylic acids is 1. The van der Waals surface area contributed by atoms with E-state index in [-0.39, 0.29) is 5.91 Å². The van der Waals surface area contributed by atoms with Crippen molar-refractivity contribution in [2.75, 3.05) is 0 Å². The Morgan fingerprint density at radius 1 is 1.00 bits per heavy atom. The van der Waals surface area contributed by atoms with Crippen molar-refractivity contribution < 1.29 is 4.79 Å². The number of amides is 1. The zero-order valence-electron chi connectivity index (χ0n) is 18.7. The molecule has 0 spiro atoms. The number of hydrogen-bond acceptors (Lipinski definition) is 3. The minimum Gasteiger partial charge on any atom is -0.346 e. The molecule has 0 radical (unpaired) electrons. The first kappa shape index (κ1) is 19.0. The molecule has 2 fully saturated rings. The molecule has 5 nitrogen and oxygen atoms in total. The zero-order chi connectivity index (χ0) is 22.1. The van der Waals surface area contributed by atoms with Crippen LogP contribution in [0.1, 0.15) is 47.2 Å². The Morgan fingerprint density at radius 3 is 2.48 bits per heavy atom. The molecule has 1 aromatic carbocycles. The average molecular weight is 435 g/mol. The van der Waals surface area contributed by atoms with Gasteiger partial charge in [0, 0.05) is 59.5 Å². The molecule has 0 saturated heterocycles. The number of H-pyrrole nitrogens is 1. The molecule has 33 heavy (non-hydrogen) atoms. The minimum atomic E-state index is 0.247. The molecule has 4 heterocycles. The van der Waals surface area contributed by atoms with Gasteiger partial charge in [0.15, 0.2) is 0 Å². The number of nitrogens with one attached hydrogen (secondary N) is 1. The van der Waals surface area contributed by atoms with Gasteiger partial charge < -0.3 is 9.88 Å². The van der Waals surface area contributed by atoms with Crippen LogP contribution >= 0.6 is 0 Å². The van der Waals surface area contributed by atoms with Crippen LogP contribution in [0.5, 0.6) is 0 Å². The van der Waals surface area contributed by atoms with E-state index in [1.165, 1.54) is 31.2 Å². The second kappa shape index (κ2) is 7.01. The molecule has 5 heteroatoms. The van der Waals surface area contributed by atoms with E-state index in [4.69, 9.17) is 4.98 Å². The fraction of sp³-hybridized carbons (Fsp3) is 0.321. The van der Waals surface area contributed by atoms with E-state index in [0.717, 1.165) is 62.8 Å². The molecule has 3 aromatic heterocycles. The lowest BCUT2D eigenvalue weighted by Crippen LogP contribution is -2.38. The first-order valence-corrected chi connectivity index (χ1v) is 12.0. The lowest BCUT2D eigenvalue weighted by Gasteiger charge is -2.28. The van der Waals surface area contributed by atoms with E-state index < -0.39 is 0 Å². The van der Waals surface area contributed by atoms with Crippen molar-refractivity contribution in [3.63, 3.8) is 0 Å². The topological polar surface area (TPSA) is 61.9 Å². The van der Waals surface area contributed by atoms with E-state index in [1.807, 2.05) is 36.9 Å². The monoisotopic (exact) mass is 434 g/mol. The average Bonchev–Trinajstić information content (AvgIpc) is 3.76. The quantitative estimate of drug-likeness (QED) is 0.435. The number of aromatic nitrogens is 3. The number of aryl methyl sites for hydroxylation is 1. The Morgan fingerprint density at radius 2 is 1.76 bits per heavy atom. The Hall–Kier alpha value is -3.47. The Balaban J connectivity index is 1.28. The molecule has 7 rings (SSSR count). The molecular weight excluding hydrogens is 408 g/mol. The van der Waals surface area contributed by atoms with Gasteiger partial charge in [-0.25, -0.2) is 4.98 Å². The predicted octanol–water partition coefficient (Wildman–Crippen LogP) is 5.74. The number of hydrogen-bond donors (Lipinski definition) is 1. The first-order valence-electron chi connectivity index (χ1n) is 12.0. The lowest BCUT2D eigenvalue weighted by molar-refractivity contribution is 0.0652. The summed E-state index contributed by atoms with van der Waals surface area (Å²) in [6, 6.07) is 11.1. The van der Waals surface area contributed by atoms with Crippen LogP contribution in [0.2, 0.25) is 0 Å². The maximum atomic E-state index is 13.4. The summed E-state index contributed by atoms with van der Waals surface area (Å²) in [5.74, 6) is 1.70. The second-order valence-electron chi connectivity index (χ2n) is 9.98. The van der Waals surface area contributed by atoms with Gasteiger partial charge in [0.1, 0.15) is 5.65 Å². The van der Waals surface area contributed by atoms with Crippen LogP contribution in [0.15, 0.2) is 55.1 Å². The Labute approximate surface area is 192 Å². The summed E-state index contributed by atoms with van der Waals surface area (Å²) in [6.45, 7) is 2.83. The van der Waals surface area contributed by atoms with Gasteiger partial charge in [0.2, 0.25) is 0 Å². The summed E-state index contributed by atoms with van der Waals surface area (Å²) in [6.07, 6.45) is 12.7. The third-order valence-corrected chi connectivity index (χ3v) is 7.66. The predicted molar refractivity (Wildman–Crippen MR) is 129 cm³/mol.